The molecular weight excluding hydrogens is 227 g/mol. The minimum absolute atomic E-state index is 0.502. The molecule has 0 atom stereocenters. The highest BCUT2D eigenvalue weighted by Crippen LogP contribution is 2.22. The fourth-order valence-electron chi connectivity index (χ4n) is 0.766. The molecule has 0 radical (unpaired) electrons. The summed E-state index contributed by atoms with van der Waals surface area (Å²) < 4.78 is 0.939. The summed E-state index contributed by atoms with van der Waals surface area (Å²) in [5, 5.41) is 0. The van der Waals surface area contributed by atoms with Crippen LogP contribution < -0.4 is 11.3 Å². The number of hydrazine groups is 1. The number of hydrogen-bond donors (Lipinski definition) is 2. The van der Waals surface area contributed by atoms with Crippen molar-refractivity contribution in [3.63, 3.8) is 0 Å². The number of nitrogens with two attached hydrogens (primary N) is 1. The third-order valence-corrected chi connectivity index (χ3v) is 2.34. The second-order valence-corrected chi connectivity index (χ2v) is 3.21. The molecule has 0 fully saturated rings. The Kier molecular flexibility index (Phi) is 3.17. The van der Waals surface area contributed by atoms with Gasteiger partial charge in [0.25, 0.3) is 0 Å². The van der Waals surface area contributed by atoms with Crippen molar-refractivity contribution < 1.29 is 0 Å². The molecule has 0 saturated carbocycles. The topological polar surface area (TPSA) is 38.0 Å². The van der Waals surface area contributed by atoms with Crippen molar-refractivity contribution in [1.82, 2.24) is 0 Å². The van der Waals surface area contributed by atoms with Crippen molar-refractivity contribution in [3.8, 4) is 0 Å². The Morgan fingerprint density at radius 3 is 2.82 bits per heavy atom. The van der Waals surface area contributed by atoms with Gasteiger partial charge in [0.15, 0.2) is 0 Å². The first-order chi connectivity index (χ1) is 5.27. The number of nitrogens with one attached hydrogen (secondary N) is 1. The molecule has 0 spiro atoms. The van der Waals surface area contributed by atoms with Gasteiger partial charge in [0, 0.05) is 10.4 Å². The first-order valence-corrected chi connectivity index (χ1v) is 4.41. The normalized spacial score (nSPS) is 9.73. The lowest BCUT2D eigenvalue weighted by Gasteiger charge is -2.04. The van der Waals surface area contributed by atoms with E-state index < -0.39 is 0 Å². The lowest BCUT2D eigenvalue weighted by molar-refractivity contribution is 1.31. The second-order valence-electron chi connectivity index (χ2n) is 2.09. The Bertz CT molecular complexity index is 252. The Morgan fingerprint density at radius 1 is 1.55 bits per heavy atom. The zero-order valence-electron chi connectivity index (χ0n) is 5.77. The molecule has 0 unspecified atom stereocenters. The maximum absolute atomic E-state index is 5.62. The zero-order chi connectivity index (χ0) is 8.27. The quantitative estimate of drug-likeness (QED) is 0.469. The molecule has 1 aromatic carbocycles. The SMILES string of the molecule is NNc1cc(CCl)ccc1Br. The van der Waals surface area contributed by atoms with E-state index in [0.717, 1.165) is 15.7 Å². The summed E-state index contributed by atoms with van der Waals surface area (Å²) in [5.74, 6) is 5.75. The second kappa shape index (κ2) is 3.95. The molecule has 0 aliphatic rings. The minimum atomic E-state index is 0.502. The molecule has 0 aromatic heterocycles. The van der Waals surface area contributed by atoms with Crippen LogP contribution in [0.25, 0.3) is 0 Å². The first kappa shape index (κ1) is 8.84. The summed E-state index contributed by atoms with van der Waals surface area (Å²) in [4.78, 5) is 0. The average Bonchev–Trinajstić information content (AvgIpc) is 2.05. The van der Waals surface area contributed by atoms with Gasteiger partial charge in [-0.05, 0) is 33.6 Å². The van der Waals surface area contributed by atoms with E-state index in [1.54, 1.807) is 0 Å². The van der Waals surface area contributed by atoms with E-state index >= 15 is 0 Å². The van der Waals surface area contributed by atoms with Gasteiger partial charge in [0.05, 0.1) is 5.69 Å². The summed E-state index contributed by atoms with van der Waals surface area (Å²) in [6.07, 6.45) is 0. The molecule has 0 heterocycles. The van der Waals surface area contributed by atoms with Gasteiger partial charge >= 0.3 is 0 Å². The number of benzene rings is 1. The highest BCUT2D eigenvalue weighted by molar-refractivity contribution is 9.10. The molecule has 0 aliphatic carbocycles. The fraction of sp³-hybridized carbons (Fsp3) is 0.143. The molecule has 1 rings (SSSR count). The van der Waals surface area contributed by atoms with Gasteiger partial charge < -0.3 is 5.43 Å². The lowest BCUT2D eigenvalue weighted by Crippen LogP contribution is -2.07. The highest BCUT2D eigenvalue weighted by Gasteiger charge is 1.97. The van der Waals surface area contributed by atoms with Crippen molar-refractivity contribution in [2.45, 2.75) is 5.88 Å². The molecule has 11 heavy (non-hydrogen) atoms. The first-order valence-electron chi connectivity index (χ1n) is 3.09. The number of anilines is 1. The van der Waals surface area contributed by atoms with Gasteiger partial charge in [-0.2, -0.15) is 0 Å². The Labute approximate surface area is 78.8 Å². The molecule has 2 nitrogen and oxygen atoms in total. The van der Waals surface area contributed by atoms with E-state index in [-0.39, 0.29) is 0 Å². The Morgan fingerprint density at radius 2 is 2.27 bits per heavy atom. The Balaban J connectivity index is 3.02. The lowest BCUT2D eigenvalue weighted by atomic mass is 10.2. The maximum atomic E-state index is 5.62. The van der Waals surface area contributed by atoms with Gasteiger partial charge in [-0.25, -0.2) is 0 Å². The van der Waals surface area contributed by atoms with Crippen LogP contribution in [0.3, 0.4) is 0 Å². The van der Waals surface area contributed by atoms with Crippen molar-refractivity contribution >= 4 is 33.2 Å². The van der Waals surface area contributed by atoms with Gasteiger partial charge in [0.1, 0.15) is 0 Å². The average molecular weight is 236 g/mol. The fourth-order valence-corrected chi connectivity index (χ4v) is 1.29. The molecular formula is C7H8BrClN2. The van der Waals surface area contributed by atoms with Crippen LogP contribution in [0.4, 0.5) is 5.69 Å². The Hall–Kier alpha value is -0.250. The number of halogens is 2. The van der Waals surface area contributed by atoms with Crippen molar-refractivity contribution in [1.29, 1.82) is 0 Å². The number of nitrogen functional groups attached to an aromatic ring is 1. The summed E-state index contributed by atoms with van der Waals surface area (Å²) in [7, 11) is 0. The molecule has 0 saturated heterocycles. The molecule has 0 aliphatic heterocycles. The van der Waals surface area contributed by atoms with E-state index in [4.69, 9.17) is 17.4 Å². The molecule has 60 valence electrons. The van der Waals surface area contributed by atoms with Crippen molar-refractivity contribution in [2.75, 3.05) is 5.43 Å². The summed E-state index contributed by atoms with van der Waals surface area (Å²) in [6.45, 7) is 0. The predicted molar refractivity (Wildman–Crippen MR) is 51.5 cm³/mol. The van der Waals surface area contributed by atoms with Crippen LogP contribution in [-0.4, -0.2) is 0 Å². The summed E-state index contributed by atoms with van der Waals surface area (Å²) >= 11 is 8.96. The predicted octanol–water partition coefficient (Wildman–Crippen LogP) is 2.47. The van der Waals surface area contributed by atoms with Crippen LogP contribution in [0.15, 0.2) is 22.7 Å². The van der Waals surface area contributed by atoms with Crippen LogP contribution in [0.1, 0.15) is 5.56 Å². The third kappa shape index (κ3) is 2.09. The van der Waals surface area contributed by atoms with Crippen LogP contribution in [-0.2, 0) is 5.88 Å². The number of hydrogen-bond acceptors (Lipinski definition) is 2. The van der Waals surface area contributed by atoms with Crippen LogP contribution >= 0.6 is 27.5 Å². The van der Waals surface area contributed by atoms with Gasteiger partial charge in [-0.1, -0.05) is 6.07 Å². The van der Waals surface area contributed by atoms with Crippen LogP contribution in [0.5, 0.6) is 0 Å². The smallest absolute Gasteiger partial charge is 0.0630 e. The van der Waals surface area contributed by atoms with E-state index in [2.05, 4.69) is 21.4 Å². The van der Waals surface area contributed by atoms with Crippen molar-refractivity contribution in [2.24, 2.45) is 5.84 Å². The van der Waals surface area contributed by atoms with Crippen LogP contribution in [0.2, 0.25) is 0 Å². The molecule has 0 bridgehead atoms. The maximum Gasteiger partial charge on any atom is 0.0630 e. The highest BCUT2D eigenvalue weighted by atomic mass is 79.9. The van der Waals surface area contributed by atoms with E-state index in [1.165, 1.54) is 0 Å². The van der Waals surface area contributed by atoms with Gasteiger partial charge in [-0.3, -0.25) is 5.84 Å². The molecule has 0 amide bonds. The third-order valence-electron chi connectivity index (χ3n) is 1.34. The minimum Gasteiger partial charge on any atom is -0.323 e. The summed E-state index contributed by atoms with van der Waals surface area (Å²) in [5.41, 5.74) is 4.46. The van der Waals surface area contributed by atoms with Crippen molar-refractivity contribution in [3.05, 3.63) is 28.2 Å². The van der Waals surface area contributed by atoms with Gasteiger partial charge in [-0.15, -0.1) is 11.6 Å². The van der Waals surface area contributed by atoms with E-state index in [1.807, 2.05) is 18.2 Å². The summed E-state index contributed by atoms with van der Waals surface area (Å²) in [6, 6.07) is 5.75. The zero-order valence-corrected chi connectivity index (χ0v) is 8.11. The van der Waals surface area contributed by atoms with E-state index in [0.29, 0.717) is 5.88 Å². The van der Waals surface area contributed by atoms with Crippen LogP contribution in [0, 0.1) is 0 Å². The standard InChI is InChI=1S/C7H8BrClN2/c8-6-2-1-5(4-9)3-7(6)11-10/h1-3,11H,4,10H2. The largest absolute Gasteiger partial charge is 0.323 e. The molecule has 4 heteroatoms. The van der Waals surface area contributed by atoms with Gasteiger partial charge in [0.2, 0.25) is 0 Å². The monoisotopic (exact) mass is 234 g/mol. The number of rotatable bonds is 2. The molecule has 3 N–H and O–H groups in total. The number of alkyl halides is 1. The molecule has 1 aromatic rings. The van der Waals surface area contributed by atoms with E-state index in [9.17, 15) is 0 Å².